The maximum absolute atomic E-state index is 12.6. The molecule has 3 heterocycles. The molecule has 1 aromatic carbocycles. The third-order valence-corrected chi connectivity index (χ3v) is 8.13. The molecular weight excluding hydrogens is 531 g/mol. The molecule has 1 aliphatic heterocycles. The number of hydrogen-bond donors (Lipinski definition) is 1. The van der Waals surface area contributed by atoms with E-state index < -0.39 is 0 Å². The van der Waals surface area contributed by atoms with Gasteiger partial charge >= 0.3 is 0 Å². The van der Waals surface area contributed by atoms with Crippen molar-refractivity contribution < 1.29 is 14.3 Å². The number of ether oxygens (including phenoxy) is 1. The van der Waals surface area contributed by atoms with E-state index >= 15 is 0 Å². The lowest BCUT2D eigenvalue weighted by molar-refractivity contribution is -0.131. The van der Waals surface area contributed by atoms with Crippen LogP contribution in [0.4, 0.5) is 0 Å². The van der Waals surface area contributed by atoms with Gasteiger partial charge in [-0.1, -0.05) is 23.2 Å². The van der Waals surface area contributed by atoms with Gasteiger partial charge in [-0.05, 0) is 49.2 Å². The average molecular weight is 564 g/mol. The molecule has 1 saturated heterocycles. The number of nitrogens with one attached hydrogen (secondary N) is 1. The second-order valence-electron chi connectivity index (χ2n) is 10.1. The van der Waals surface area contributed by atoms with Gasteiger partial charge < -0.3 is 19.9 Å². The van der Waals surface area contributed by atoms with Crippen LogP contribution in [0.15, 0.2) is 30.5 Å². The second-order valence-corrected chi connectivity index (χ2v) is 12.1. The molecule has 198 valence electrons. The van der Waals surface area contributed by atoms with Crippen LogP contribution in [-0.4, -0.2) is 72.5 Å². The van der Waals surface area contributed by atoms with Crippen molar-refractivity contribution in [3.05, 3.63) is 50.9 Å². The third kappa shape index (κ3) is 6.81. The Morgan fingerprint density at radius 3 is 2.78 bits per heavy atom. The van der Waals surface area contributed by atoms with Crippen molar-refractivity contribution in [2.45, 2.75) is 44.9 Å². The van der Waals surface area contributed by atoms with Gasteiger partial charge in [-0.2, -0.15) is 0 Å². The van der Waals surface area contributed by atoms with Gasteiger partial charge in [0.2, 0.25) is 12.3 Å². The van der Waals surface area contributed by atoms with Crippen LogP contribution < -0.4 is 5.32 Å². The number of aromatic nitrogens is 1. The molecule has 7 nitrogen and oxygen atoms in total. The quantitative estimate of drug-likeness (QED) is 0.371. The standard InChI is InChI=1S/C27H32Cl2N4O3S/c1-27(2)15-30-13-18(36-27)11-22-21(9-17(28)10-23(22)29)20-5-7-31-24-12-19(37-26(20)24)14-33(4)25(35)6-8-32(3)16-34/h5,7,9-10,12,16,18,30H,6,8,11,13-15H2,1-4H3. The number of thiophene rings is 1. The average Bonchev–Trinajstić information content (AvgIpc) is 3.25. The molecule has 4 rings (SSSR count). The van der Waals surface area contributed by atoms with Gasteiger partial charge in [-0.3, -0.25) is 14.6 Å². The van der Waals surface area contributed by atoms with Crippen molar-refractivity contribution in [3.63, 3.8) is 0 Å². The largest absolute Gasteiger partial charge is 0.369 e. The maximum Gasteiger partial charge on any atom is 0.224 e. The fourth-order valence-corrected chi connectivity index (χ4v) is 6.34. The Hall–Kier alpha value is -2.23. The van der Waals surface area contributed by atoms with E-state index in [1.807, 2.05) is 18.2 Å². The second kappa shape index (κ2) is 11.7. The minimum atomic E-state index is -0.249. The van der Waals surface area contributed by atoms with E-state index in [9.17, 15) is 9.59 Å². The Balaban J connectivity index is 1.63. The van der Waals surface area contributed by atoms with Crippen LogP contribution in [0.5, 0.6) is 0 Å². The molecule has 1 fully saturated rings. The molecule has 2 amide bonds. The van der Waals surface area contributed by atoms with Gasteiger partial charge in [0, 0.05) is 73.3 Å². The highest BCUT2D eigenvalue weighted by Crippen LogP contribution is 2.40. The minimum Gasteiger partial charge on any atom is -0.369 e. The van der Waals surface area contributed by atoms with Crippen LogP contribution in [0.25, 0.3) is 21.3 Å². The van der Waals surface area contributed by atoms with Crippen molar-refractivity contribution in [2.75, 3.05) is 33.7 Å². The number of amides is 2. The summed E-state index contributed by atoms with van der Waals surface area (Å²) in [5.74, 6) is -0.0211. The SMILES string of the molecule is CN(C=O)CCC(=O)N(C)Cc1cc2nccc(-c3cc(Cl)cc(Cl)c3CC3CNCC(C)(C)O3)c2s1. The van der Waals surface area contributed by atoms with Gasteiger partial charge in [-0.25, -0.2) is 0 Å². The number of carbonyl (C=O) groups excluding carboxylic acids is 2. The molecule has 0 radical (unpaired) electrons. The zero-order valence-corrected chi connectivity index (χ0v) is 23.8. The number of pyridine rings is 1. The topological polar surface area (TPSA) is 74.8 Å². The summed E-state index contributed by atoms with van der Waals surface area (Å²) in [6.07, 6.45) is 3.42. The van der Waals surface area contributed by atoms with Crippen molar-refractivity contribution >= 4 is 57.1 Å². The predicted octanol–water partition coefficient (Wildman–Crippen LogP) is 5.02. The molecule has 0 aliphatic carbocycles. The van der Waals surface area contributed by atoms with Gasteiger partial charge in [0.15, 0.2) is 0 Å². The van der Waals surface area contributed by atoms with E-state index in [2.05, 4.69) is 24.1 Å². The molecule has 37 heavy (non-hydrogen) atoms. The van der Waals surface area contributed by atoms with Crippen LogP contribution in [0.2, 0.25) is 10.0 Å². The summed E-state index contributed by atoms with van der Waals surface area (Å²) >= 11 is 14.8. The van der Waals surface area contributed by atoms with E-state index in [0.29, 0.717) is 29.6 Å². The highest BCUT2D eigenvalue weighted by atomic mass is 35.5. The van der Waals surface area contributed by atoms with Crippen molar-refractivity contribution in [1.29, 1.82) is 0 Å². The summed E-state index contributed by atoms with van der Waals surface area (Å²) in [6, 6.07) is 7.75. The normalized spacial score (nSPS) is 17.1. The molecular formula is C27H32Cl2N4O3S. The van der Waals surface area contributed by atoms with Gasteiger partial charge in [0.1, 0.15) is 0 Å². The molecule has 0 saturated carbocycles. The van der Waals surface area contributed by atoms with Crippen molar-refractivity contribution in [3.8, 4) is 11.1 Å². The fourth-order valence-electron chi connectivity index (χ4n) is 4.58. The predicted molar refractivity (Wildman–Crippen MR) is 150 cm³/mol. The van der Waals surface area contributed by atoms with Crippen molar-refractivity contribution in [2.24, 2.45) is 0 Å². The Kier molecular flexibility index (Phi) is 8.76. The molecule has 2 aromatic heterocycles. The van der Waals surface area contributed by atoms with Crippen LogP contribution in [0, 0.1) is 0 Å². The first-order valence-corrected chi connectivity index (χ1v) is 13.8. The molecule has 1 atom stereocenters. The zero-order chi connectivity index (χ0) is 26.7. The Bertz CT molecular complexity index is 1300. The molecule has 1 unspecified atom stereocenters. The van der Waals surface area contributed by atoms with E-state index in [1.54, 1.807) is 42.6 Å². The Morgan fingerprint density at radius 2 is 2.05 bits per heavy atom. The number of benzene rings is 1. The zero-order valence-electron chi connectivity index (χ0n) is 21.5. The van der Waals surface area contributed by atoms with Crippen LogP contribution >= 0.6 is 34.5 Å². The first kappa shape index (κ1) is 27.8. The lowest BCUT2D eigenvalue weighted by atomic mass is 9.94. The lowest BCUT2D eigenvalue weighted by Gasteiger charge is -2.37. The fraction of sp³-hybridized carbons (Fsp3) is 0.444. The monoisotopic (exact) mass is 562 g/mol. The van der Waals surface area contributed by atoms with Crippen LogP contribution in [-0.2, 0) is 27.3 Å². The van der Waals surface area contributed by atoms with E-state index in [4.69, 9.17) is 27.9 Å². The Morgan fingerprint density at radius 1 is 1.27 bits per heavy atom. The summed E-state index contributed by atoms with van der Waals surface area (Å²) in [6.45, 7) is 6.57. The smallest absolute Gasteiger partial charge is 0.224 e. The number of carbonyl (C=O) groups is 2. The minimum absolute atomic E-state index is 0.0182. The first-order valence-electron chi connectivity index (χ1n) is 12.2. The van der Waals surface area contributed by atoms with E-state index in [1.165, 1.54) is 4.90 Å². The molecule has 1 aliphatic rings. The van der Waals surface area contributed by atoms with E-state index in [-0.39, 0.29) is 24.0 Å². The Labute approximate surface area is 231 Å². The van der Waals surface area contributed by atoms with Crippen LogP contribution in [0.3, 0.4) is 0 Å². The molecule has 10 heteroatoms. The lowest BCUT2D eigenvalue weighted by Crippen LogP contribution is -2.51. The summed E-state index contributed by atoms with van der Waals surface area (Å²) in [4.78, 5) is 32.1. The summed E-state index contributed by atoms with van der Waals surface area (Å²) < 4.78 is 7.35. The number of hydrogen-bond acceptors (Lipinski definition) is 6. The summed E-state index contributed by atoms with van der Waals surface area (Å²) in [5.41, 5.74) is 3.57. The number of nitrogens with zero attached hydrogens (tertiary/aromatic N) is 3. The maximum atomic E-state index is 12.6. The van der Waals surface area contributed by atoms with Gasteiger partial charge in [0.05, 0.1) is 28.5 Å². The summed E-state index contributed by atoms with van der Waals surface area (Å²) in [5, 5.41) is 4.64. The van der Waals surface area contributed by atoms with Crippen molar-refractivity contribution in [1.82, 2.24) is 20.1 Å². The first-order chi connectivity index (χ1) is 17.6. The summed E-state index contributed by atoms with van der Waals surface area (Å²) in [7, 11) is 3.43. The molecule has 0 bridgehead atoms. The molecule has 1 N–H and O–H groups in total. The number of halogens is 2. The van der Waals surface area contributed by atoms with Gasteiger partial charge in [0.25, 0.3) is 0 Å². The number of morpholine rings is 1. The number of fused-ring (bicyclic) bond motifs is 1. The molecule has 0 spiro atoms. The highest BCUT2D eigenvalue weighted by Gasteiger charge is 2.30. The van der Waals surface area contributed by atoms with E-state index in [0.717, 1.165) is 51.3 Å². The van der Waals surface area contributed by atoms with Gasteiger partial charge in [-0.15, -0.1) is 11.3 Å². The highest BCUT2D eigenvalue weighted by molar-refractivity contribution is 7.19. The van der Waals surface area contributed by atoms with Crippen LogP contribution in [0.1, 0.15) is 30.7 Å². The number of rotatable bonds is 9. The third-order valence-electron chi connectivity index (χ3n) is 6.43. The molecule has 3 aromatic rings.